The molecule has 0 aliphatic carbocycles. The van der Waals surface area contributed by atoms with Gasteiger partial charge in [-0.25, -0.2) is 27.2 Å². The molecule has 0 unspecified atom stereocenters. The second-order valence-electron chi connectivity index (χ2n) is 14.2. The molecular formula is C32H48FN5O5SSi2. The van der Waals surface area contributed by atoms with Crippen LogP contribution in [0.5, 0.6) is 5.75 Å². The first-order valence-corrected chi connectivity index (χ1v) is 24.9. The molecule has 0 fully saturated rings. The van der Waals surface area contributed by atoms with E-state index in [1.807, 2.05) is 29.7 Å². The van der Waals surface area contributed by atoms with E-state index >= 15 is 0 Å². The van der Waals surface area contributed by atoms with Crippen molar-refractivity contribution < 1.29 is 27.4 Å². The highest BCUT2D eigenvalue weighted by Crippen LogP contribution is 2.35. The zero-order chi connectivity index (χ0) is 33.9. The van der Waals surface area contributed by atoms with E-state index in [9.17, 15) is 17.9 Å². The molecule has 0 atom stereocenters. The topological polar surface area (TPSA) is 121 Å². The van der Waals surface area contributed by atoms with Crippen molar-refractivity contribution in [2.45, 2.75) is 84.7 Å². The Morgan fingerprint density at radius 2 is 1.63 bits per heavy atom. The molecule has 252 valence electrons. The Bertz CT molecular complexity index is 1780. The molecule has 0 saturated heterocycles. The van der Waals surface area contributed by atoms with E-state index in [1.54, 1.807) is 10.9 Å². The summed E-state index contributed by atoms with van der Waals surface area (Å²) >= 11 is 0. The Kier molecular flexibility index (Phi) is 11.3. The van der Waals surface area contributed by atoms with Gasteiger partial charge in [0.15, 0.2) is 17.4 Å². The van der Waals surface area contributed by atoms with Crippen LogP contribution in [-0.4, -0.2) is 68.5 Å². The van der Waals surface area contributed by atoms with Crippen LogP contribution >= 0.6 is 0 Å². The van der Waals surface area contributed by atoms with Gasteiger partial charge in [0.1, 0.15) is 19.2 Å². The van der Waals surface area contributed by atoms with E-state index < -0.39 is 32.0 Å². The summed E-state index contributed by atoms with van der Waals surface area (Å²) in [6, 6.07) is 10.7. The number of imidazole rings is 1. The van der Waals surface area contributed by atoms with Gasteiger partial charge < -0.3 is 19.1 Å². The first-order valence-electron chi connectivity index (χ1n) is 15.6. The molecule has 14 heteroatoms. The number of hydrogen-bond acceptors (Lipinski definition) is 7. The van der Waals surface area contributed by atoms with Gasteiger partial charge in [-0.15, -0.1) is 0 Å². The molecule has 0 bridgehead atoms. The SMILES string of the molecule is CCc1cc(O)c(F)cc1-c1ccc2c(-c3nc(CNS(C)(=O)=O)cn3COCC[Si](C)(C)C)nn(COCC[Si](C)(C)C)c2c1. The largest absolute Gasteiger partial charge is 0.505 e. The maximum atomic E-state index is 14.5. The van der Waals surface area contributed by atoms with Crippen molar-refractivity contribution in [1.29, 1.82) is 0 Å². The van der Waals surface area contributed by atoms with Crippen LogP contribution in [0.3, 0.4) is 0 Å². The third-order valence-corrected chi connectivity index (χ3v) is 11.7. The normalized spacial score (nSPS) is 12.8. The molecule has 4 rings (SSSR count). The number of ether oxygens (including phenoxy) is 2. The zero-order valence-electron chi connectivity index (χ0n) is 28.3. The number of hydrogen-bond donors (Lipinski definition) is 2. The van der Waals surface area contributed by atoms with Gasteiger partial charge in [-0.3, -0.25) is 0 Å². The van der Waals surface area contributed by atoms with Crippen LogP contribution in [0.1, 0.15) is 18.2 Å². The molecule has 0 radical (unpaired) electrons. The fourth-order valence-electron chi connectivity index (χ4n) is 4.89. The quantitative estimate of drug-likeness (QED) is 0.0999. The minimum absolute atomic E-state index is 0.0303. The van der Waals surface area contributed by atoms with E-state index in [1.165, 1.54) is 12.1 Å². The molecule has 0 amide bonds. The molecule has 2 aromatic heterocycles. The Balaban J connectivity index is 1.80. The van der Waals surface area contributed by atoms with E-state index in [4.69, 9.17) is 19.6 Å². The number of aryl methyl sites for hydroxylation is 1. The summed E-state index contributed by atoms with van der Waals surface area (Å²) in [7, 11) is -6.04. The molecule has 0 aliphatic heterocycles. The van der Waals surface area contributed by atoms with Gasteiger partial charge in [-0.2, -0.15) is 5.10 Å². The summed E-state index contributed by atoms with van der Waals surface area (Å²) in [5.41, 5.74) is 4.22. The van der Waals surface area contributed by atoms with Gasteiger partial charge in [0.2, 0.25) is 10.0 Å². The van der Waals surface area contributed by atoms with Crippen molar-refractivity contribution in [3.8, 4) is 28.4 Å². The summed E-state index contributed by atoms with van der Waals surface area (Å²) in [5, 5.41) is 15.8. The molecule has 0 saturated carbocycles. The average Bonchev–Trinajstić information content (AvgIpc) is 3.52. The van der Waals surface area contributed by atoms with Gasteiger partial charge in [0.05, 0.1) is 24.0 Å². The summed E-state index contributed by atoms with van der Waals surface area (Å²) in [5.74, 6) is -0.505. The Hall–Kier alpha value is -2.89. The number of sulfonamides is 1. The molecule has 0 aliphatic rings. The Labute approximate surface area is 274 Å². The summed E-state index contributed by atoms with van der Waals surface area (Å²) in [4.78, 5) is 4.81. The zero-order valence-corrected chi connectivity index (χ0v) is 31.1. The number of aromatic hydroxyl groups is 1. The van der Waals surface area contributed by atoms with E-state index in [2.05, 4.69) is 44.0 Å². The Morgan fingerprint density at radius 1 is 0.978 bits per heavy atom. The smallest absolute Gasteiger partial charge is 0.209 e. The molecule has 2 heterocycles. The molecule has 46 heavy (non-hydrogen) atoms. The molecule has 4 aromatic rings. The van der Waals surface area contributed by atoms with Crippen LogP contribution < -0.4 is 4.72 Å². The van der Waals surface area contributed by atoms with Crippen molar-refractivity contribution in [3.63, 3.8) is 0 Å². The lowest BCUT2D eigenvalue weighted by atomic mass is 9.96. The highest BCUT2D eigenvalue weighted by Gasteiger charge is 2.22. The second kappa shape index (κ2) is 14.5. The number of nitrogens with one attached hydrogen (secondary N) is 1. The predicted octanol–water partition coefficient (Wildman–Crippen LogP) is 6.65. The maximum Gasteiger partial charge on any atom is 0.209 e. The summed E-state index contributed by atoms with van der Waals surface area (Å²) in [6.07, 6.45) is 3.52. The minimum Gasteiger partial charge on any atom is -0.505 e. The first-order chi connectivity index (χ1) is 21.4. The molecule has 0 spiro atoms. The highest BCUT2D eigenvalue weighted by atomic mass is 32.2. The van der Waals surface area contributed by atoms with Crippen LogP contribution in [-0.2, 0) is 45.9 Å². The number of rotatable bonds is 16. The molecular weight excluding hydrogens is 642 g/mol. The predicted molar refractivity (Wildman–Crippen MR) is 187 cm³/mol. The molecule has 10 nitrogen and oxygen atoms in total. The second-order valence-corrected chi connectivity index (χ2v) is 27.3. The highest BCUT2D eigenvalue weighted by molar-refractivity contribution is 7.88. The summed E-state index contributed by atoms with van der Waals surface area (Å²) in [6.45, 7) is 17.4. The molecule has 2 aromatic carbocycles. The monoisotopic (exact) mass is 689 g/mol. The van der Waals surface area contributed by atoms with Crippen LogP contribution in [0.25, 0.3) is 33.5 Å². The number of nitrogens with zero attached hydrogens (tertiary/aromatic N) is 4. The number of halogens is 1. The fourth-order valence-corrected chi connectivity index (χ4v) is 6.81. The van der Waals surface area contributed by atoms with Crippen LogP contribution in [0.15, 0.2) is 36.5 Å². The van der Waals surface area contributed by atoms with Crippen molar-refractivity contribution in [1.82, 2.24) is 24.1 Å². The van der Waals surface area contributed by atoms with Crippen LogP contribution in [0, 0.1) is 5.82 Å². The Morgan fingerprint density at radius 3 is 2.24 bits per heavy atom. The number of aromatic nitrogens is 4. The van der Waals surface area contributed by atoms with Crippen molar-refractivity contribution in [3.05, 3.63) is 53.6 Å². The third-order valence-electron chi connectivity index (χ3n) is 7.61. The van der Waals surface area contributed by atoms with Crippen LogP contribution in [0.4, 0.5) is 4.39 Å². The third kappa shape index (κ3) is 9.81. The lowest BCUT2D eigenvalue weighted by molar-refractivity contribution is 0.0816. The molecule has 2 N–H and O–H groups in total. The number of benzene rings is 2. The van der Waals surface area contributed by atoms with Crippen molar-refractivity contribution in [2.24, 2.45) is 0 Å². The van der Waals surface area contributed by atoms with Gasteiger partial charge in [-0.1, -0.05) is 52.3 Å². The van der Waals surface area contributed by atoms with Gasteiger partial charge >= 0.3 is 0 Å². The fraction of sp³-hybridized carbons (Fsp3) is 0.500. The maximum absolute atomic E-state index is 14.5. The van der Waals surface area contributed by atoms with E-state index in [0.717, 1.165) is 40.4 Å². The lowest BCUT2D eigenvalue weighted by Gasteiger charge is -2.16. The van der Waals surface area contributed by atoms with Gasteiger partial charge in [0.25, 0.3) is 0 Å². The standard InChI is InChI=1S/C32H48FN5O5SSi2/c1-9-23-17-30(39)28(33)18-27(23)24-10-11-26-29(16-24)38(22-43-13-15-46(6,7)8)36-31(26)32-35-25(19-34-44(2,40)41)20-37(32)21-42-12-14-45(3,4)5/h10-11,16-18,20,34,39H,9,12-15,19,21-22H2,1-8H3. The van der Waals surface area contributed by atoms with Crippen LogP contribution in [0.2, 0.25) is 51.4 Å². The van der Waals surface area contributed by atoms with Crippen molar-refractivity contribution in [2.75, 3.05) is 19.5 Å². The summed E-state index contributed by atoms with van der Waals surface area (Å²) < 4.78 is 56.6. The van der Waals surface area contributed by atoms with E-state index in [0.29, 0.717) is 42.4 Å². The lowest BCUT2D eigenvalue weighted by Crippen LogP contribution is -2.22. The number of phenolic OH excluding ortho intramolecular Hbond substituents is 1. The van der Waals surface area contributed by atoms with Gasteiger partial charge in [0, 0.05) is 40.9 Å². The number of fused-ring (bicyclic) bond motifs is 1. The minimum atomic E-state index is -3.43. The average molecular weight is 690 g/mol. The van der Waals surface area contributed by atoms with Crippen molar-refractivity contribution >= 4 is 37.1 Å². The van der Waals surface area contributed by atoms with E-state index in [-0.39, 0.29) is 25.8 Å². The first kappa shape index (κ1) is 36.0. The number of phenols is 1. The van der Waals surface area contributed by atoms with Gasteiger partial charge in [-0.05, 0) is 59.5 Å².